The highest BCUT2D eigenvalue weighted by atomic mass is 16.6. The number of rotatable bonds is 14. The van der Waals surface area contributed by atoms with Gasteiger partial charge in [0, 0.05) is 25.4 Å². The number of carbonyl (C=O) groups excluding carboxylic acids is 3. The lowest BCUT2D eigenvalue weighted by atomic mass is 9.86. The molecule has 3 heterocycles. The minimum Gasteiger partial charge on any atom is -0.487 e. The van der Waals surface area contributed by atoms with Gasteiger partial charge in [-0.15, -0.1) is 0 Å². The zero-order valence-electron chi connectivity index (χ0n) is 31.3. The van der Waals surface area contributed by atoms with Crippen molar-refractivity contribution in [3.05, 3.63) is 66.0 Å². The summed E-state index contributed by atoms with van der Waals surface area (Å²) >= 11 is 0. The van der Waals surface area contributed by atoms with Crippen molar-refractivity contribution >= 4 is 35.0 Å². The van der Waals surface area contributed by atoms with Crippen molar-refractivity contribution in [1.82, 2.24) is 20.6 Å². The van der Waals surface area contributed by atoms with Crippen molar-refractivity contribution in [2.24, 2.45) is 11.3 Å². The number of aromatic nitrogens is 2. The summed E-state index contributed by atoms with van der Waals surface area (Å²) in [6.07, 6.45) is 10.1. The Bertz CT molecular complexity index is 1730. The first-order chi connectivity index (χ1) is 24.7. The van der Waals surface area contributed by atoms with Crippen LogP contribution in [0.4, 0.5) is 4.79 Å². The monoisotopic (exact) mass is 716 g/mol. The van der Waals surface area contributed by atoms with E-state index in [2.05, 4.69) is 21.7 Å². The smallest absolute Gasteiger partial charge is 0.408 e. The second kappa shape index (κ2) is 16.8. The topological polar surface area (TPSA) is 147 Å². The third-order valence-corrected chi connectivity index (χ3v) is 8.94. The molecule has 3 aromatic rings. The van der Waals surface area contributed by atoms with Gasteiger partial charge in [-0.3, -0.25) is 9.78 Å². The first kappa shape index (κ1) is 38.5. The van der Waals surface area contributed by atoms with Gasteiger partial charge < -0.3 is 34.3 Å². The number of pyridine rings is 2. The Balaban J connectivity index is 1.23. The predicted octanol–water partition coefficient (Wildman–Crippen LogP) is 6.55. The largest absolute Gasteiger partial charge is 0.487 e. The van der Waals surface area contributed by atoms with Crippen molar-refractivity contribution in [3.63, 3.8) is 0 Å². The van der Waals surface area contributed by atoms with E-state index >= 15 is 0 Å². The summed E-state index contributed by atoms with van der Waals surface area (Å²) in [7, 11) is 1.38. The quantitative estimate of drug-likeness (QED) is 0.106. The molecule has 0 bridgehead atoms. The molecule has 5 unspecified atom stereocenters. The summed E-state index contributed by atoms with van der Waals surface area (Å²) in [6.45, 7) is 11.8. The molecular formula is C40H52N4O8. The van der Waals surface area contributed by atoms with Crippen LogP contribution in [-0.4, -0.2) is 71.5 Å². The molecule has 2 aromatic heterocycles. The number of esters is 2. The average molecular weight is 717 g/mol. The number of hydrogen-bond donors (Lipinski definition) is 2. The molecule has 12 nitrogen and oxygen atoms in total. The molecule has 280 valence electrons. The molecule has 1 aliphatic carbocycles. The second-order valence-corrected chi connectivity index (χ2v) is 15.5. The zero-order chi connectivity index (χ0) is 37.5. The standard InChI is InChI=1S/C40H52N4O8/c1-39(2,3)34(37(46)52-40(4,5)6)44-38(47)51-32-20-26(32)16-12-9-13-17-28-33(49-24-25-14-10-8-11-15-25)29-23-41-19-18-30(29)43-35(28)50-27-21-31(42-22-27)36(45)48-7/h8,10-11,13-15,17-19,23,26-27,31-32,34,42H,9,12,16,20-22,24H2,1-7H3,(H,44,47). The van der Waals surface area contributed by atoms with E-state index in [-0.39, 0.29) is 24.1 Å². The molecule has 0 radical (unpaired) electrons. The number of amides is 1. The van der Waals surface area contributed by atoms with E-state index in [1.54, 1.807) is 33.2 Å². The number of benzene rings is 1. The summed E-state index contributed by atoms with van der Waals surface area (Å²) in [6, 6.07) is 10.5. The molecule has 2 fully saturated rings. The Morgan fingerprint density at radius 3 is 2.54 bits per heavy atom. The van der Waals surface area contributed by atoms with Crippen LogP contribution in [0.2, 0.25) is 0 Å². The molecule has 0 spiro atoms. The van der Waals surface area contributed by atoms with Crippen LogP contribution in [-0.2, 0) is 30.4 Å². The van der Waals surface area contributed by atoms with Gasteiger partial charge in [-0.2, -0.15) is 0 Å². The van der Waals surface area contributed by atoms with Crippen molar-refractivity contribution < 1.29 is 38.1 Å². The fraction of sp³-hybridized carbons (Fsp3) is 0.525. The number of alkyl carbamates (subject to hydrolysis) is 1. The van der Waals surface area contributed by atoms with Crippen molar-refractivity contribution in [1.29, 1.82) is 0 Å². The van der Waals surface area contributed by atoms with E-state index in [1.165, 1.54) is 7.11 Å². The Kier molecular flexibility index (Phi) is 12.4. The lowest BCUT2D eigenvalue weighted by molar-refractivity contribution is -0.160. The Hall–Kier alpha value is -4.71. The van der Waals surface area contributed by atoms with Crippen LogP contribution in [0.3, 0.4) is 0 Å². The van der Waals surface area contributed by atoms with Crippen molar-refractivity contribution in [3.8, 4) is 11.6 Å². The highest BCUT2D eigenvalue weighted by Gasteiger charge is 2.42. The number of hydrogen-bond acceptors (Lipinski definition) is 11. The molecule has 1 saturated heterocycles. The van der Waals surface area contributed by atoms with Crippen LogP contribution in [0, 0.1) is 11.3 Å². The van der Waals surface area contributed by atoms with Crippen LogP contribution < -0.4 is 20.1 Å². The van der Waals surface area contributed by atoms with Gasteiger partial charge in [0.25, 0.3) is 0 Å². The van der Waals surface area contributed by atoms with Gasteiger partial charge >= 0.3 is 18.0 Å². The molecule has 1 saturated carbocycles. The summed E-state index contributed by atoms with van der Waals surface area (Å²) in [5.41, 5.74) is 1.18. The highest BCUT2D eigenvalue weighted by molar-refractivity contribution is 5.89. The summed E-state index contributed by atoms with van der Waals surface area (Å²) in [5.74, 6) is 0.474. The molecule has 5 rings (SSSR count). The first-order valence-electron chi connectivity index (χ1n) is 18.0. The van der Waals surface area contributed by atoms with E-state index in [0.29, 0.717) is 42.3 Å². The van der Waals surface area contributed by atoms with Crippen molar-refractivity contribution in [2.75, 3.05) is 13.7 Å². The molecule has 12 heteroatoms. The van der Waals surface area contributed by atoms with E-state index in [1.807, 2.05) is 63.2 Å². The van der Waals surface area contributed by atoms with Crippen LogP contribution in [0.5, 0.6) is 11.6 Å². The first-order valence-corrected chi connectivity index (χ1v) is 18.0. The van der Waals surface area contributed by atoms with Gasteiger partial charge in [0.05, 0.1) is 23.6 Å². The number of ether oxygens (including phenoxy) is 5. The normalized spacial score (nSPS) is 20.7. The average Bonchev–Trinajstić information content (AvgIpc) is 3.65. The Labute approximate surface area is 306 Å². The summed E-state index contributed by atoms with van der Waals surface area (Å²) in [4.78, 5) is 47.0. The number of carbonyl (C=O) groups is 3. The van der Waals surface area contributed by atoms with Crippen LogP contribution in [0.1, 0.15) is 84.8 Å². The molecule has 1 aliphatic heterocycles. The number of nitrogens with zero attached hydrogens (tertiary/aromatic N) is 2. The highest BCUT2D eigenvalue weighted by Crippen LogP contribution is 2.39. The third kappa shape index (κ3) is 10.7. The van der Waals surface area contributed by atoms with Gasteiger partial charge in [0.1, 0.15) is 42.2 Å². The van der Waals surface area contributed by atoms with Gasteiger partial charge in [-0.1, -0.05) is 57.2 Å². The lowest BCUT2D eigenvalue weighted by Gasteiger charge is -2.32. The van der Waals surface area contributed by atoms with Crippen LogP contribution in [0.15, 0.2) is 54.9 Å². The molecule has 2 N–H and O–H groups in total. The Morgan fingerprint density at radius 1 is 1.06 bits per heavy atom. The minimum absolute atomic E-state index is 0.188. The van der Waals surface area contributed by atoms with Crippen LogP contribution >= 0.6 is 0 Å². The summed E-state index contributed by atoms with van der Waals surface area (Å²) < 4.78 is 29.1. The van der Waals surface area contributed by atoms with Crippen molar-refractivity contribution in [2.45, 2.75) is 110 Å². The lowest BCUT2D eigenvalue weighted by Crippen LogP contribution is -2.51. The Morgan fingerprint density at radius 2 is 1.83 bits per heavy atom. The van der Waals surface area contributed by atoms with Gasteiger partial charge in [-0.25, -0.2) is 14.6 Å². The number of methoxy groups -OCH3 is 1. The SMILES string of the molecule is COC(=O)C1CC(Oc2nc3ccncc3c(OCc3ccccc3)c2C=CCCCC2CC2OC(=O)NC(C(=O)OC(C)(C)C)C(C)(C)C)CN1. The third-order valence-electron chi connectivity index (χ3n) is 8.94. The molecule has 5 atom stereocenters. The van der Waals surface area contributed by atoms with Crippen LogP contribution in [0.25, 0.3) is 17.0 Å². The van der Waals surface area contributed by atoms with Gasteiger partial charge in [0.15, 0.2) is 0 Å². The van der Waals surface area contributed by atoms with E-state index in [9.17, 15) is 14.4 Å². The molecular weight excluding hydrogens is 664 g/mol. The molecule has 1 amide bonds. The van der Waals surface area contributed by atoms with Gasteiger partial charge in [0.2, 0.25) is 5.88 Å². The molecule has 52 heavy (non-hydrogen) atoms. The molecule has 1 aromatic carbocycles. The molecule has 2 aliphatic rings. The minimum atomic E-state index is -0.836. The van der Waals surface area contributed by atoms with E-state index in [0.717, 1.165) is 36.6 Å². The fourth-order valence-electron chi connectivity index (χ4n) is 6.11. The number of allylic oxidation sites excluding steroid dienone is 1. The maximum atomic E-state index is 12.8. The predicted molar refractivity (Wildman–Crippen MR) is 197 cm³/mol. The maximum Gasteiger partial charge on any atom is 0.408 e. The fourth-order valence-corrected chi connectivity index (χ4v) is 6.11. The van der Waals surface area contributed by atoms with E-state index in [4.69, 9.17) is 28.7 Å². The van der Waals surface area contributed by atoms with E-state index < -0.39 is 35.2 Å². The number of fused-ring (bicyclic) bond motifs is 1. The van der Waals surface area contributed by atoms with Gasteiger partial charge in [-0.05, 0) is 75.5 Å². The summed E-state index contributed by atoms with van der Waals surface area (Å²) in [5, 5.41) is 6.67. The number of nitrogens with one attached hydrogen (secondary N) is 2. The zero-order valence-corrected chi connectivity index (χ0v) is 31.3. The second-order valence-electron chi connectivity index (χ2n) is 15.5. The number of unbranched alkanes of at least 4 members (excludes halogenated alkanes) is 1. The maximum absolute atomic E-state index is 12.8.